The topological polar surface area (TPSA) is 21.3 Å². The third kappa shape index (κ3) is 3.81. The van der Waals surface area contributed by atoms with Gasteiger partial charge in [-0.25, -0.2) is 0 Å². The first-order chi connectivity index (χ1) is 8.69. The van der Waals surface area contributed by atoms with Crippen molar-refractivity contribution in [2.75, 3.05) is 7.11 Å². The average Bonchev–Trinajstić information content (AvgIpc) is 2.40. The lowest BCUT2D eigenvalue weighted by Gasteiger charge is -2.30. The highest BCUT2D eigenvalue weighted by atomic mass is 79.9. The Kier molecular flexibility index (Phi) is 5.22. The van der Waals surface area contributed by atoms with E-state index in [4.69, 9.17) is 4.74 Å². The maximum absolute atomic E-state index is 5.41. The molecule has 1 atom stereocenters. The predicted octanol–water partition coefficient (Wildman–Crippen LogP) is 4.06. The monoisotopic (exact) mass is 311 g/mol. The van der Waals surface area contributed by atoms with Gasteiger partial charge in [0.1, 0.15) is 0 Å². The van der Waals surface area contributed by atoms with E-state index in [1.54, 1.807) is 0 Å². The van der Waals surface area contributed by atoms with Crippen molar-refractivity contribution >= 4 is 15.9 Å². The molecule has 1 aliphatic carbocycles. The van der Waals surface area contributed by atoms with Crippen LogP contribution in [0.4, 0.5) is 0 Å². The summed E-state index contributed by atoms with van der Waals surface area (Å²) in [5.41, 5.74) is 1.35. The summed E-state index contributed by atoms with van der Waals surface area (Å²) in [5, 5.41) is 3.73. The Labute approximate surface area is 118 Å². The zero-order valence-corrected chi connectivity index (χ0v) is 12.7. The highest BCUT2D eigenvalue weighted by molar-refractivity contribution is 9.10. The molecule has 1 aliphatic rings. The van der Waals surface area contributed by atoms with Crippen LogP contribution in [0.25, 0.3) is 0 Å². The van der Waals surface area contributed by atoms with Gasteiger partial charge in [0.2, 0.25) is 0 Å². The van der Waals surface area contributed by atoms with Crippen LogP contribution in [0.1, 0.15) is 44.2 Å². The molecule has 0 unspecified atom stereocenters. The zero-order valence-electron chi connectivity index (χ0n) is 11.2. The van der Waals surface area contributed by atoms with Crippen LogP contribution >= 0.6 is 15.9 Å². The minimum absolute atomic E-state index is 0.419. The van der Waals surface area contributed by atoms with E-state index in [9.17, 15) is 0 Å². The van der Waals surface area contributed by atoms with E-state index in [1.165, 1.54) is 31.2 Å². The molecule has 2 rings (SSSR count). The molecule has 1 aromatic carbocycles. The van der Waals surface area contributed by atoms with Crippen LogP contribution in [0.3, 0.4) is 0 Å². The van der Waals surface area contributed by atoms with Crippen molar-refractivity contribution in [3.05, 3.63) is 34.3 Å². The first-order valence-corrected chi connectivity index (χ1v) is 7.52. The molecule has 18 heavy (non-hydrogen) atoms. The Morgan fingerprint density at radius 1 is 1.17 bits per heavy atom. The number of benzene rings is 1. The first kappa shape index (κ1) is 14.0. The second-order valence-corrected chi connectivity index (χ2v) is 6.06. The Morgan fingerprint density at radius 2 is 1.78 bits per heavy atom. The molecule has 1 N–H and O–H groups in total. The summed E-state index contributed by atoms with van der Waals surface area (Å²) in [5.74, 6) is 0. The van der Waals surface area contributed by atoms with E-state index in [0.717, 1.165) is 4.47 Å². The number of halogens is 1. The molecule has 0 bridgehead atoms. The van der Waals surface area contributed by atoms with Gasteiger partial charge in [-0.15, -0.1) is 0 Å². The van der Waals surface area contributed by atoms with E-state index < -0.39 is 0 Å². The van der Waals surface area contributed by atoms with Crippen LogP contribution in [-0.4, -0.2) is 19.3 Å². The van der Waals surface area contributed by atoms with Gasteiger partial charge in [0.15, 0.2) is 0 Å². The summed E-state index contributed by atoms with van der Waals surface area (Å²) in [6, 6.07) is 9.63. The summed E-state index contributed by atoms with van der Waals surface area (Å²) in [6.07, 6.45) is 5.28. The maximum atomic E-state index is 5.41. The Bertz CT molecular complexity index is 357. The number of nitrogens with one attached hydrogen (secondary N) is 1. The summed E-state index contributed by atoms with van der Waals surface area (Å²) in [4.78, 5) is 0. The molecule has 0 spiro atoms. The lowest BCUT2D eigenvalue weighted by Crippen LogP contribution is -2.36. The number of rotatable bonds is 4. The largest absolute Gasteiger partial charge is 0.381 e. The predicted molar refractivity (Wildman–Crippen MR) is 78.7 cm³/mol. The van der Waals surface area contributed by atoms with Gasteiger partial charge in [-0.3, -0.25) is 0 Å². The minimum Gasteiger partial charge on any atom is -0.381 e. The van der Waals surface area contributed by atoms with Crippen molar-refractivity contribution < 1.29 is 4.74 Å². The Balaban J connectivity index is 1.84. The van der Waals surface area contributed by atoms with Gasteiger partial charge in [0.25, 0.3) is 0 Å². The second kappa shape index (κ2) is 6.69. The van der Waals surface area contributed by atoms with Gasteiger partial charge >= 0.3 is 0 Å². The maximum Gasteiger partial charge on any atom is 0.0572 e. The molecule has 1 saturated carbocycles. The van der Waals surface area contributed by atoms with Crippen LogP contribution < -0.4 is 5.32 Å². The summed E-state index contributed by atoms with van der Waals surface area (Å²) in [6.45, 7) is 2.24. The van der Waals surface area contributed by atoms with Crippen molar-refractivity contribution in [3.63, 3.8) is 0 Å². The van der Waals surface area contributed by atoms with Gasteiger partial charge < -0.3 is 10.1 Å². The van der Waals surface area contributed by atoms with Crippen LogP contribution in [0.5, 0.6) is 0 Å². The first-order valence-electron chi connectivity index (χ1n) is 6.73. The highest BCUT2D eigenvalue weighted by Crippen LogP contribution is 2.24. The second-order valence-electron chi connectivity index (χ2n) is 5.15. The summed E-state index contributed by atoms with van der Waals surface area (Å²) >= 11 is 3.47. The molecule has 3 heteroatoms. The van der Waals surface area contributed by atoms with Crippen molar-refractivity contribution in [1.29, 1.82) is 0 Å². The molecule has 1 fully saturated rings. The van der Waals surface area contributed by atoms with Gasteiger partial charge in [-0.05, 0) is 50.3 Å². The van der Waals surface area contributed by atoms with Crippen molar-refractivity contribution in [2.45, 2.75) is 50.8 Å². The summed E-state index contributed by atoms with van der Waals surface area (Å²) < 4.78 is 6.55. The molecule has 0 aliphatic heterocycles. The van der Waals surface area contributed by atoms with Crippen LogP contribution in [0.15, 0.2) is 28.7 Å². The lowest BCUT2D eigenvalue weighted by atomic mass is 9.92. The number of ether oxygens (including phenoxy) is 1. The van der Waals surface area contributed by atoms with Crippen molar-refractivity contribution in [2.24, 2.45) is 0 Å². The molecule has 0 saturated heterocycles. The molecule has 0 amide bonds. The molecule has 0 heterocycles. The Hall–Kier alpha value is -0.380. The smallest absolute Gasteiger partial charge is 0.0572 e. The van der Waals surface area contributed by atoms with E-state index >= 15 is 0 Å². The molecular formula is C15H22BrNO. The third-order valence-corrected chi connectivity index (χ3v) is 4.39. The fourth-order valence-electron chi connectivity index (χ4n) is 2.67. The quantitative estimate of drug-likeness (QED) is 0.905. The van der Waals surface area contributed by atoms with Gasteiger partial charge in [-0.2, -0.15) is 0 Å². The fraction of sp³-hybridized carbons (Fsp3) is 0.600. The van der Waals surface area contributed by atoms with E-state index in [1.807, 2.05) is 7.11 Å². The molecule has 0 radical (unpaired) electrons. The molecule has 1 aromatic rings. The third-order valence-electron chi connectivity index (χ3n) is 3.86. The fourth-order valence-corrected chi connectivity index (χ4v) is 2.93. The molecule has 100 valence electrons. The van der Waals surface area contributed by atoms with Crippen LogP contribution in [-0.2, 0) is 4.74 Å². The van der Waals surface area contributed by atoms with Gasteiger partial charge in [0.05, 0.1) is 6.10 Å². The number of hydrogen-bond donors (Lipinski definition) is 1. The van der Waals surface area contributed by atoms with Crippen molar-refractivity contribution in [1.82, 2.24) is 5.32 Å². The number of methoxy groups -OCH3 is 1. The molecule has 0 aromatic heterocycles. The standard InChI is InChI=1S/C15H22BrNO/c1-11(12-3-5-13(16)6-4-12)17-14-7-9-15(18-2)10-8-14/h3-6,11,14-15,17H,7-10H2,1-2H3/t11-,14?,15?/m0/s1. The molecular weight excluding hydrogens is 290 g/mol. The lowest BCUT2D eigenvalue weighted by molar-refractivity contribution is 0.0614. The summed E-state index contributed by atoms with van der Waals surface area (Å²) in [7, 11) is 1.82. The average molecular weight is 312 g/mol. The van der Waals surface area contributed by atoms with Crippen molar-refractivity contribution in [3.8, 4) is 0 Å². The highest BCUT2D eigenvalue weighted by Gasteiger charge is 2.21. The van der Waals surface area contributed by atoms with Gasteiger partial charge in [0, 0.05) is 23.7 Å². The number of hydrogen-bond acceptors (Lipinski definition) is 2. The van der Waals surface area contributed by atoms with E-state index in [0.29, 0.717) is 18.2 Å². The SMILES string of the molecule is COC1CCC(N[C@@H](C)c2ccc(Br)cc2)CC1. The van der Waals surface area contributed by atoms with Gasteiger partial charge in [-0.1, -0.05) is 28.1 Å². The normalized spacial score (nSPS) is 25.9. The van der Waals surface area contributed by atoms with E-state index in [2.05, 4.69) is 52.4 Å². The van der Waals surface area contributed by atoms with Crippen LogP contribution in [0, 0.1) is 0 Å². The minimum atomic E-state index is 0.419. The Morgan fingerprint density at radius 3 is 2.33 bits per heavy atom. The van der Waals surface area contributed by atoms with E-state index in [-0.39, 0.29) is 0 Å². The zero-order chi connectivity index (χ0) is 13.0. The molecule has 2 nitrogen and oxygen atoms in total. The van der Waals surface area contributed by atoms with Crippen LogP contribution in [0.2, 0.25) is 0 Å².